The van der Waals surface area contributed by atoms with Gasteiger partial charge in [-0.15, -0.1) is 0 Å². The Labute approximate surface area is 125 Å². The van der Waals surface area contributed by atoms with Crippen molar-refractivity contribution < 1.29 is 24.5 Å². The number of hydrogen-bond acceptors (Lipinski definition) is 5. The van der Waals surface area contributed by atoms with Crippen LogP contribution in [0.4, 0.5) is 0 Å². The number of carbonyl (C=O) groups is 2. The van der Waals surface area contributed by atoms with Gasteiger partial charge < -0.3 is 14.9 Å². The number of fused-ring (bicyclic) bond motifs is 2. The molecule has 0 aromatic rings. The van der Waals surface area contributed by atoms with Crippen molar-refractivity contribution in [3.63, 3.8) is 0 Å². The molecule has 0 spiro atoms. The van der Waals surface area contributed by atoms with Gasteiger partial charge in [-0.1, -0.05) is 20.8 Å². The fourth-order valence-corrected chi connectivity index (χ4v) is 3.93. The third kappa shape index (κ3) is 2.35. The zero-order chi connectivity index (χ0) is 15.9. The zero-order valence-electron chi connectivity index (χ0n) is 13.1. The summed E-state index contributed by atoms with van der Waals surface area (Å²) < 4.78 is 5.58. The van der Waals surface area contributed by atoms with Crippen molar-refractivity contribution in [2.24, 2.45) is 22.2 Å². The molecule has 0 aromatic carbocycles. The van der Waals surface area contributed by atoms with Crippen LogP contribution in [0.3, 0.4) is 0 Å². The van der Waals surface area contributed by atoms with Crippen LogP contribution < -0.4 is 0 Å². The normalized spacial score (nSPS) is 31.2. The molecule has 0 amide bonds. The van der Waals surface area contributed by atoms with Crippen molar-refractivity contribution in [3.8, 4) is 0 Å². The maximum absolute atomic E-state index is 12.3. The molecule has 2 aliphatic rings. The maximum atomic E-state index is 12.3. The first-order valence-electron chi connectivity index (χ1n) is 7.62. The minimum absolute atomic E-state index is 0.134. The van der Waals surface area contributed by atoms with Crippen LogP contribution in [0.25, 0.3) is 0 Å². The lowest BCUT2D eigenvalue weighted by Crippen LogP contribution is -2.39. The number of aliphatic hydroxyl groups is 2. The number of carbonyl (C=O) groups excluding carboxylic acids is 2. The molecule has 2 aliphatic carbocycles. The molecule has 0 aromatic heterocycles. The van der Waals surface area contributed by atoms with Gasteiger partial charge >= 0.3 is 0 Å². The molecule has 120 valence electrons. The monoisotopic (exact) mass is 298 g/mol. The van der Waals surface area contributed by atoms with Gasteiger partial charge in [-0.3, -0.25) is 9.59 Å². The van der Waals surface area contributed by atoms with Crippen molar-refractivity contribution in [2.75, 3.05) is 26.4 Å². The van der Waals surface area contributed by atoms with E-state index in [1.54, 1.807) is 6.92 Å². The van der Waals surface area contributed by atoms with E-state index in [2.05, 4.69) is 0 Å². The lowest BCUT2D eigenvalue weighted by Gasteiger charge is -2.35. The molecule has 0 heterocycles. The van der Waals surface area contributed by atoms with Gasteiger partial charge in [0.1, 0.15) is 0 Å². The average Bonchev–Trinajstić information content (AvgIpc) is 2.79. The Morgan fingerprint density at radius 3 is 2.38 bits per heavy atom. The average molecular weight is 298 g/mol. The largest absolute Gasteiger partial charge is 0.396 e. The van der Waals surface area contributed by atoms with Crippen LogP contribution in [0.1, 0.15) is 40.0 Å². The summed E-state index contributed by atoms with van der Waals surface area (Å²) in [6, 6.07) is 0. The van der Waals surface area contributed by atoms with Gasteiger partial charge in [0.25, 0.3) is 0 Å². The molecule has 21 heavy (non-hydrogen) atoms. The van der Waals surface area contributed by atoms with Crippen LogP contribution in [0.2, 0.25) is 0 Å². The molecule has 5 nitrogen and oxygen atoms in total. The third-order valence-corrected chi connectivity index (χ3v) is 5.83. The lowest BCUT2D eigenvalue weighted by atomic mass is 9.67. The smallest absolute Gasteiger partial charge is 0.205 e. The Morgan fingerprint density at radius 1 is 1.29 bits per heavy atom. The van der Waals surface area contributed by atoms with E-state index in [1.807, 2.05) is 13.8 Å². The first-order chi connectivity index (χ1) is 9.74. The molecule has 2 rings (SSSR count). The van der Waals surface area contributed by atoms with Crippen molar-refractivity contribution >= 4 is 11.6 Å². The Kier molecular flexibility index (Phi) is 4.30. The molecule has 5 heteroatoms. The fourth-order valence-electron chi connectivity index (χ4n) is 3.93. The summed E-state index contributed by atoms with van der Waals surface area (Å²) in [5, 5.41) is 18.4. The van der Waals surface area contributed by atoms with Crippen LogP contribution in [0.15, 0.2) is 0 Å². The van der Waals surface area contributed by atoms with Gasteiger partial charge in [0.15, 0.2) is 0 Å². The summed E-state index contributed by atoms with van der Waals surface area (Å²) in [5.41, 5.74) is -1.54. The highest BCUT2D eigenvalue weighted by atomic mass is 16.5. The first-order valence-corrected chi connectivity index (χ1v) is 7.62. The second-order valence-corrected chi connectivity index (χ2v) is 7.52. The standard InChI is InChI=1S/C16H26O5/c1-14(2)11-4-5-16(14,13(20)12(11)19)6-7-21-10-15(3,8-17)9-18/h11,17-18H,4-10H2,1-3H3. The van der Waals surface area contributed by atoms with Gasteiger partial charge in [0.2, 0.25) is 11.6 Å². The molecule has 2 fully saturated rings. The predicted molar refractivity (Wildman–Crippen MR) is 76.7 cm³/mol. The second kappa shape index (κ2) is 5.45. The zero-order valence-corrected chi connectivity index (χ0v) is 13.1. The summed E-state index contributed by atoms with van der Waals surface area (Å²) in [6.45, 7) is 6.06. The van der Waals surface area contributed by atoms with E-state index < -0.39 is 10.8 Å². The van der Waals surface area contributed by atoms with Crippen molar-refractivity contribution in [2.45, 2.75) is 40.0 Å². The molecule has 2 saturated carbocycles. The molecule has 0 aliphatic heterocycles. The molecule has 2 N–H and O–H groups in total. The number of hydrogen-bond donors (Lipinski definition) is 2. The Bertz CT molecular complexity index is 438. The minimum Gasteiger partial charge on any atom is -0.396 e. The van der Waals surface area contributed by atoms with E-state index in [4.69, 9.17) is 4.74 Å². The van der Waals surface area contributed by atoms with Gasteiger partial charge in [0, 0.05) is 23.4 Å². The van der Waals surface area contributed by atoms with E-state index in [1.165, 1.54) is 0 Å². The highest BCUT2D eigenvalue weighted by Crippen LogP contribution is 2.63. The number of aliphatic hydroxyl groups excluding tert-OH is 2. The summed E-state index contributed by atoms with van der Waals surface area (Å²) in [5.74, 6) is -0.564. The predicted octanol–water partition coefficient (Wildman–Crippen LogP) is 0.958. The number of ketones is 2. The van der Waals surface area contributed by atoms with Crippen molar-refractivity contribution in [1.82, 2.24) is 0 Å². The van der Waals surface area contributed by atoms with Crippen LogP contribution >= 0.6 is 0 Å². The summed E-state index contributed by atoms with van der Waals surface area (Å²) in [7, 11) is 0. The molecular formula is C16H26O5. The highest BCUT2D eigenvalue weighted by Gasteiger charge is 2.68. The molecule has 0 radical (unpaired) electrons. The second-order valence-electron chi connectivity index (χ2n) is 7.52. The first kappa shape index (κ1) is 16.6. The van der Waals surface area contributed by atoms with Crippen LogP contribution in [0, 0.1) is 22.2 Å². The summed E-state index contributed by atoms with van der Waals surface area (Å²) in [4.78, 5) is 24.3. The quantitative estimate of drug-likeness (QED) is 0.540. The van der Waals surface area contributed by atoms with Gasteiger partial charge in [-0.05, 0) is 24.7 Å². The van der Waals surface area contributed by atoms with Crippen LogP contribution in [-0.2, 0) is 14.3 Å². The topological polar surface area (TPSA) is 83.8 Å². The van der Waals surface area contributed by atoms with Crippen molar-refractivity contribution in [1.29, 1.82) is 0 Å². The maximum Gasteiger partial charge on any atom is 0.205 e. The SMILES string of the molecule is CC(CO)(CO)COCCC12CCC(C(=O)C1=O)C2(C)C. The van der Waals surface area contributed by atoms with E-state index in [9.17, 15) is 19.8 Å². The molecule has 2 atom stereocenters. The van der Waals surface area contributed by atoms with E-state index in [0.717, 1.165) is 12.8 Å². The molecular weight excluding hydrogens is 272 g/mol. The van der Waals surface area contributed by atoms with Crippen LogP contribution in [-0.4, -0.2) is 48.2 Å². The highest BCUT2D eigenvalue weighted by molar-refractivity contribution is 6.43. The lowest BCUT2D eigenvalue weighted by molar-refractivity contribution is -0.142. The molecule has 2 unspecified atom stereocenters. The molecule has 2 bridgehead atoms. The van der Waals surface area contributed by atoms with E-state index in [0.29, 0.717) is 13.0 Å². The Morgan fingerprint density at radius 2 is 1.90 bits per heavy atom. The van der Waals surface area contributed by atoms with E-state index >= 15 is 0 Å². The van der Waals surface area contributed by atoms with Gasteiger partial charge in [-0.25, -0.2) is 0 Å². The number of rotatable bonds is 7. The van der Waals surface area contributed by atoms with Crippen molar-refractivity contribution in [3.05, 3.63) is 0 Å². The van der Waals surface area contributed by atoms with E-state index in [-0.39, 0.29) is 42.7 Å². The molecule has 0 saturated heterocycles. The Hall–Kier alpha value is -0.780. The summed E-state index contributed by atoms with van der Waals surface area (Å²) >= 11 is 0. The van der Waals surface area contributed by atoms with Gasteiger partial charge in [0.05, 0.1) is 19.8 Å². The number of ether oxygens (including phenoxy) is 1. The minimum atomic E-state index is -0.666. The fraction of sp³-hybridized carbons (Fsp3) is 0.875. The third-order valence-electron chi connectivity index (χ3n) is 5.83. The van der Waals surface area contributed by atoms with Gasteiger partial charge in [-0.2, -0.15) is 0 Å². The van der Waals surface area contributed by atoms with Crippen LogP contribution in [0.5, 0.6) is 0 Å². The number of Topliss-reactive ketones (excluding diaryl/α,β-unsaturated/α-hetero) is 2. The summed E-state index contributed by atoms with van der Waals surface area (Å²) in [6.07, 6.45) is 2.09. The Balaban J connectivity index is 1.97.